The van der Waals surface area contributed by atoms with E-state index in [1.54, 1.807) is 0 Å². The number of nitrogens with zero attached hydrogens (tertiary/aromatic N) is 1. The highest BCUT2D eigenvalue weighted by molar-refractivity contribution is 5.77. The quantitative estimate of drug-likeness (QED) is 0.374. The van der Waals surface area contributed by atoms with E-state index in [2.05, 4.69) is 29.4 Å². The molecule has 0 radical (unpaired) electrons. The zero-order valence-electron chi connectivity index (χ0n) is 13.8. The normalized spacial score (nSPS) is 13.1. The summed E-state index contributed by atoms with van der Waals surface area (Å²) in [7, 11) is 0. The van der Waals surface area contributed by atoms with Crippen molar-refractivity contribution in [3.05, 3.63) is 35.9 Å². The van der Waals surface area contributed by atoms with Crippen LogP contribution in [-0.4, -0.2) is 38.9 Å². The molecule has 22 heavy (non-hydrogen) atoms. The maximum Gasteiger partial charge on any atom is 0.188 e. The molecule has 0 spiro atoms. The molecule has 0 bridgehead atoms. The van der Waals surface area contributed by atoms with E-state index in [0.717, 1.165) is 32.6 Å². The maximum atomic E-state index is 5.80. The van der Waals surface area contributed by atoms with Gasteiger partial charge in [-0.2, -0.15) is 0 Å². The number of ether oxygens (including phenoxy) is 2. The predicted molar refractivity (Wildman–Crippen MR) is 91.0 cm³/mol. The topological polar surface area (TPSA) is 68.9 Å². The standard InChI is InChI=1S/C17H29N3O2/c1-3-21-13-7-11-19-17(18)20-12-8-14-22-15(2)16-9-5-4-6-10-16/h4-6,9-10,15H,3,7-8,11-14H2,1-2H3,(H3,18,19,20). The Kier molecular flexibility index (Phi) is 10.1. The van der Waals surface area contributed by atoms with Crippen molar-refractivity contribution in [2.24, 2.45) is 10.7 Å². The molecule has 0 aliphatic carbocycles. The average molecular weight is 307 g/mol. The summed E-state index contributed by atoms with van der Waals surface area (Å²) in [4.78, 5) is 4.24. The van der Waals surface area contributed by atoms with Crippen LogP contribution in [0.25, 0.3) is 0 Å². The Morgan fingerprint density at radius 1 is 1.23 bits per heavy atom. The van der Waals surface area contributed by atoms with Gasteiger partial charge in [-0.15, -0.1) is 0 Å². The number of nitrogens with one attached hydrogen (secondary N) is 1. The number of hydrogen-bond acceptors (Lipinski definition) is 3. The molecule has 0 aromatic heterocycles. The lowest BCUT2D eigenvalue weighted by Gasteiger charge is -2.13. The molecule has 1 aromatic rings. The molecule has 1 rings (SSSR count). The van der Waals surface area contributed by atoms with Crippen LogP contribution >= 0.6 is 0 Å². The molecule has 1 atom stereocenters. The molecule has 0 aliphatic rings. The summed E-state index contributed by atoms with van der Waals surface area (Å²) in [6.07, 6.45) is 1.91. The first-order chi connectivity index (χ1) is 10.7. The molecule has 5 heteroatoms. The van der Waals surface area contributed by atoms with Gasteiger partial charge in [0.05, 0.1) is 6.10 Å². The van der Waals surface area contributed by atoms with Gasteiger partial charge in [-0.3, -0.25) is 4.99 Å². The highest BCUT2D eigenvalue weighted by Gasteiger charge is 2.03. The molecule has 5 nitrogen and oxygen atoms in total. The predicted octanol–water partition coefficient (Wildman–Crippen LogP) is 2.49. The molecule has 0 saturated carbocycles. The summed E-state index contributed by atoms with van der Waals surface area (Å²) in [6.45, 7) is 7.69. The van der Waals surface area contributed by atoms with Crippen LogP contribution in [0.15, 0.2) is 35.3 Å². The van der Waals surface area contributed by atoms with E-state index in [4.69, 9.17) is 15.2 Å². The molecule has 1 unspecified atom stereocenters. The molecule has 0 fully saturated rings. The molecule has 1 aromatic carbocycles. The fourth-order valence-corrected chi connectivity index (χ4v) is 1.94. The van der Waals surface area contributed by atoms with Gasteiger partial charge in [0.1, 0.15) is 0 Å². The minimum Gasteiger partial charge on any atom is -0.382 e. The average Bonchev–Trinajstić information content (AvgIpc) is 2.55. The Labute approximate surface area is 133 Å². The van der Waals surface area contributed by atoms with Crippen LogP contribution in [0.3, 0.4) is 0 Å². The second kappa shape index (κ2) is 12.0. The van der Waals surface area contributed by atoms with Crippen LogP contribution in [0.1, 0.15) is 38.4 Å². The summed E-state index contributed by atoms with van der Waals surface area (Å²) in [6, 6.07) is 10.2. The van der Waals surface area contributed by atoms with E-state index in [1.165, 1.54) is 5.56 Å². The van der Waals surface area contributed by atoms with E-state index in [9.17, 15) is 0 Å². The van der Waals surface area contributed by atoms with Gasteiger partial charge in [0.25, 0.3) is 0 Å². The van der Waals surface area contributed by atoms with E-state index in [0.29, 0.717) is 19.1 Å². The third-order valence-corrected chi connectivity index (χ3v) is 3.20. The molecule has 0 saturated heterocycles. The van der Waals surface area contributed by atoms with Crippen molar-refractivity contribution in [3.63, 3.8) is 0 Å². The van der Waals surface area contributed by atoms with E-state index < -0.39 is 0 Å². The maximum absolute atomic E-state index is 5.80. The number of rotatable bonds is 11. The fraction of sp³-hybridized carbons (Fsp3) is 0.588. The lowest BCUT2D eigenvalue weighted by atomic mass is 10.1. The minimum absolute atomic E-state index is 0.116. The fourth-order valence-electron chi connectivity index (χ4n) is 1.94. The van der Waals surface area contributed by atoms with Crippen molar-refractivity contribution in [2.45, 2.75) is 32.8 Å². The Hall–Kier alpha value is -1.59. The van der Waals surface area contributed by atoms with Crippen LogP contribution < -0.4 is 11.1 Å². The first kappa shape index (κ1) is 18.5. The van der Waals surface area contributed by atoms with Crippen LogP contribution in [0.4, 0.5) is 0 Å². The summed E-state index contributed by atoms with van der Waals surface area (Å²) in [5.41, 5.74) is 6.98. The Balaban J connectivity index is 2.04. The molecular formula is C17H29N3O2. The van der Waals surface area contributed by atoms with Gasteiger partial charge in [-0.25, -0.2) is 0 Å². The second-order valence-electron chi connectivity index (χ2n) is 5.02. The van der Waals surface area contributed by atoms with Crippen LogP contribution in [-0.2, 0) is 9.47 Å². The Morgan fingerprint density at radius 2 is 2.00 bits per heavy atom. The van der Waals surface area contributed by atoms with Gasteiger partial charge < -0.3 is 20.5 Å². The van der Waals surface area contributed by atoms with Crippen molar-refractivity contribution >= 4 is 5.96 Å². The third kappa shape index (κ3) is 8.64. The van der Waals surface area contributed by atoms with Gasteiger partial charge in [0, 0.05) is 32.9 Å². The first-order valence-corrected chi connectivity index (χ1v) is 8.02. The van der Waals surface area contributed by atoms with Gasteiger partial charge in [-0.05, 0) is 32.3 Å². The smallest absolute Gasteiger partial charge is 0.188 e. The Bertz CT molecular complexity index is 410. The summed E-state index contributed by atoms with van der Waals surface area (Å²) < 4.78 is 11.0. The lowest BCUT2D eigenvalue weighted by molar-refractivity contribution is 0.0646. The lowest BCUT2D eigenvalue weighted by Crippen LogP contribution is -2.33. The summed E-state index contributed by atoms with van der Waals surface area (Å²) in [5, 5.41) is 3.09. The van der Waals surface area contributed by atoms with Crippen LogP contribution in [0.2, 0.25) is 0 Å². The molecular weight excluding hydrogens is 278 g/mol. The highest BCUT2D eigenvalue weighted by atomic mass is 16.5. The van der Waals surface area contributed by atoms with Crippen molar-refractivity contribution in [2.75, 3.05) is 32.9 Å². The van der Waals surface area contributed by atoms with E-state index in [1.807, 2.05) is 25.1 Å². The Morgan fingerprint density at radius 3 is 2.73 bits per heavy atom. The molecule has 0 aliphatic heterocycles. The zero-order chi connectivity index (χ0) is 16.0. The number of aliphatic imine (C=N–C) groups is 1. The number of nitrogens with two attached hydrogens (primary N) is 1. The largest absolute Gasteiger partial charge is 0.382 e. The van der Waals surface area contributed by atoms with E-state index in [-0.39, 0.29) is 6.10 Å². The molecule has 0 heterocycles. The van der Waals surface area contributed by atoms with Crippen LogP contribution in [0, 0.1) is 0 Å². The first-order valence-electron chi connectivity index (χ1n) is 8.02. The SMILES string of the molecule is CCOCCCN=C(N)NCCCOC(C)c1ccccc1. The summed E-state index contributed by atoms with van der Waals surface area (Å²) in [5.74, 6) is 0.493. The van der Waals surface area contributed by atoms with E-state index >= 15 is 0 Å². The number of benzene rings is 1. The van der Waals surface area contributed by atoms with Crippen molar-refractivity contribution in [1.82, 2.24) is 5.32 Å². The third-order valence-electron chi connectivity index (χ3n) is 3.20. The second-order valence-corrected chi connectivity index (χ2v) is 5.02. The number of hydrogen-bond donors (Lipinski definition) is 2. The monoisotopic (exact) mass is 307 g/mol. The molecule has 0 amide bonds. The molecule has 3 N–H and O–H groups in total. The van der Waals surface area contributed by atoms with Crippen molar-refractivity contribution in [3.8, 4) is 0 Å². The minimum atomic E-state index is 0.116. The van der Waals surface area contributed by atoms with Crippen molar-refractivity contribution in [1.29, 1.82) is 0 Å². The highest BCUT2D eigenvalue weighted by Crippen LogP contribution is 2.15. The van der Waals surface area contributed by atoms with Crippen LogP contribution in [0.5, 0.6) is 0 Å². The molecule has 124 valence electrons. The summed E-state index contributed by atoms with van der Waals surface area (Å²) >= 11 is 0. The zero-order valence-corrected chi connectivity index (χ0v) is 13.8. The van der Waals surface area contributed by atoms with Gasteiger partial charge in [-0.1, -0.05) is 30.3 Å². The number of guanidine groups is 1. The van der Waals surface area contributed by atoms with Gasteiger partial charge in [0.15, 0.2) is 5.96 Å². The van der Waals surface area contributed by atoms with Crippen molar-refractivity contribution < 1.29 is 9.47 Å². The van der Waals surface area contributed by atoms with Gasteiger partial charge >= 0.3 is 0 Å². The van der Waals surface area contributed by atoms with Gasteiger partial charge in [0.2, 0.25) is 0 Å².